The van der Waals surface area contributed by atoms with E-state index in [9.17, 15) is 9.59 Å². The second-order valence-electron chi connectivity index (χ2n) is 4.15. The van der Waals surface area contributed by atoms with E-state index < -0.39 is 0 Å². The Morgan fingerprint density at radius 3 is 2.95 bits per heavy atom. The number of benzene rings is 1. The summed E-state index contributed by atoms with van der Waals surface area (Å²) in [4.78, 5) is 29.7. The van der Waals surface area contributed by atoms with E-state index in [2.05, 4.69) is 15.4 Å². The van der Waals surface area contributed by atoms with Gasteiger partial charge in [0.25, 0.3) is 11.5 Å². The minimum atomic E-state index is -0.334. The standard InChI is InChI=1S/C13H14N4O2S/c1-8-5-11(18)16-13(15-8)20-7-9-3-2-4-10(6-9)12(19)17-14/h2-6H,7,14H2,1H3,(H,17,19)(H,15,16,18). The zero-order valence-corrected chi connectivity index (χ0v) is 11.7. The van der Waals surface area contributed by atoms with Crippen molar-refractivity contribution in [3.63, 3.8) is 0 Å². The van der Waals surface area contributed by atoms with Crippen molar-refractivity contribution in [3.05, 3.63) is 57.5 Å². The Labute approximate surface area is 119 Å². The summed E-state index contributed by atoms with van der Waals surface area (Å²) in [5.74, 6) is 5.36. The fourth-order valence-corrected chi connectivity index (χ4v) is 2.52. The molecule has 0 atom stereocenters. The van der Waals surface area contributed by atoms with Gasteiger partial charge < -0.3 is 4.98 Å². The molecule has 0 fully saturated rings. The van der Waals surface area contributed by atoms with Crippen molar-refractivity contribution in [2.75, 3.05) is 0 Å². The predicted octanol–water partition coefficient (Wildman–Crippen LogP) is 0.974. The molecule has 7 heteroatoms. The normalized spacial score (nSPS) is 10.3. The van der Waals surface area contributed by atoms with Crippen molar-refractivity contribution in [1.82, 2.24) is 15.4 Å². The molecule has 104 valence electrons. The van der Waals surface area contributed by atoms with Crippen LogP contribution in [0, 0.1) is 6.92 Å². The lowest BCUT2D eigenvalue weighted by Crippen LogP contribution is -2.29. The molecule has 4 N–H and O–H groups in total. The van der Waals surface area contributed by atoms with Crippen LogP contribution in [-0.4, -0.2) is 15.9 Å². The largest absolute Gasteiger partial charge is 0.301 e. The molecule has 6 nitrogen and oxygen atoms in total. The van der Waals surface area contributed by atoms with Crippen molar-refractivity contribution in [2.24, 2.45) is 5.84 Å². The maximum absolute atomic E-state index is 11.4. The Kier molecular flexibility index (Phi) is 4.54. The first-order chi connectivity index (χ1) is 9.58. The molecule has 0 aliphatic carbocycles. The average molecular weight is 290 g/mol. The van der Waals surface area contributed by atoms with Gasteiger partial charge in [0.2, 0.25) is 0 Å². The molecule has 0 saturated heterocycles. The Hall–Kier alpha value is -2.12. The summed E-state index contributed by atoms with van der Waals surface area (Å²) in [5, 5.41) is 0.559. The number of amides is 1. The number of nitrogen functional groups attached to an aromatic ring is 1. The Balaban J connectivity index is 2.11. The quantitative estimate of drug-likeness (QED) is 0.256. The summed E-state index contributed by atoms with van der Waals surface area (Å²) in [7, 11) is 0. The molecular formula is C13H14N4O2S. The number of carbonyl (C=O) groups is 1. The number of nitrogens with one attached hydrogen (secondary N) is 2. The third-order valence-electron chi connectivity index (χ3n) is 2.54. The van der Waals surface area contributed by atoms with Crippen molar-refractivity contribution >= 4 is 17.7 Å². The number of hydrogen-bond acceptors (Lipinski definition) is 5. The van der Waals surface area contributed by atoms with E-state index in [0.29, 0.717) is 22.2 Å². The lowest BCUT2D eigenvalue weighted by Gasteiger charge is -2.04. The van der Waals surface area contributed by atoms with E-state index >= 15 is 0 Å². The van der Waals surface area contributed by atoms with Gasteiger partial charge in [-0.2, -0.15) is 0 Å². The van der Waals surface area contributed by atoms with Crippen LogP contribution in [0.25, 0.3) is 0 Å². The number of H-pyrrole nitrogens is 1. The molecule has 0 aliphatic rings. The van der Waals surface area contributed by atoms with Gasteiger partial charge in [-0.1, -0.05) is 23.9 Å². The summed E-state index contributed by atoms with van der Waals surface area (Å²) in [6.45, 7) is 1.77. The first kappa shape index (κ1) is 14.3. The lowest BCUT2D eigenvalue weighted by molar-refractivity contribution is 0.0953. The number of rotatable bonds is 4. The number of hydrogen-bond donors (Lipinski definition) is 3. The van der Waals surface area contributed by atoms with Gasteiger partial charge in [-0.05, 0) is 24.6 Å². The molecule has 1 amide bonds. The monoisotopic (exact) mass is 290 g/mol. The summed E-state index contributed by atoms with van der Waals surface area (Å²) in [5.41, 5.74) is 4.04. The van der Waals surface area contributed by atoms with Gasteiger partial charge in [-0.3, -0.25) is 15.0 Å². The van der Waals surface area contributed by atoms with E-state index in [1.165, 1.54) is 17.8 Å². The van der Waals surface area contributed by atoms with Crippen LogP contribution in [0.15, 0.2) is 40.3 Å². The first-order valence-electron chi connectivity index (χ1n) is 5.89. The third-order valence-corrected chi connectivity index (χ3v) is 3.49. The maximum Gasteiger partial charge on any atom is 0.265 e. The van der Waals surface area contributed by atoms with Gasteiger partial charge in [-0.25, -0.2) is 10.8 Å². The van der Waals surface area contributed by atoms with Crippen molar-refractivity contribution in [3.8, 4) is 0 Å². The third kappa shape index (κ3) is 3.69. The summed E-state index contributed by atoms with van der Waals surface area (Å²) in [6.07, 6.45) is 0. The maximum atomic E-state index is 11.4. The zero-order valence-electron chi connectivity index (χ0n) is 10.8. The lowest BCUT2D eigenvalue weighted by atomic mass is 10.1. The second-order valence-corrected chi connectivity index (χ2v) is 5.12. The van der Waals surface area contributed by atoms with Gasteiger partial charge in [0.15, 0.2) is 5.16 Å². The smallest absolute Gasteiger partial charge is 0.265 e. The van der Waals surface area contributed by atoms with Crippen LogP contribution in [0.3, 0.4) is 0 Å². The number of nitrogens with zero attached hydrogens (tertiary/aromatic N) is 1. The van der Waals surface area contributed by atoms with Gasteiger partial charge in [-0.15, -0.1) is 0 Å². The first-order valence-corrected chi connectivity index (χ1v) is 6.87. The molecular weight excluding hydrogens is 276 g/mol. The SMILES string of the molecule is Cc1cc(=O)[nH]c(SCc2cccc(C(=O)NN)c2)n1. The summed E-state index contributed by atoms with van der Waals surface area (Å²) < 4.78 is 0. The van der Waals surface area contributed by atoms with Gasteiger partial charge in [0.1, 0.15) is 0 Å². The Morgan fingerprint density at radius 1 is 1.45 bits per heavy atom. The number of aromatic amines is 1. The van der Waals surface area contributed by atoms with E-state index in [1.807, 2.05) is 6.07 Å². The number of carbonyl (C=O) groups excluding carboxylic acids is 1. The van der Waals surface area contributed by atoms with Crippen LogP contribution in [0.4, 0.5) is 0 Å². The van der Waals surface area contributed by atoms with Crippen LogP contribution in [0.1, 0.15) is 21.6 Å². The average Bonchev–Trinajstić information content (AvgIpc) is 2.43. The fraction of sp³-hybridized carbons (Fsp3) is 0.154. The minimum absolute atomic E-state index is 0.170. The van der Waals surface area contributed by atoms with Crippen LogP contribution >= 0.6 is 11.8 Å². The van der Waals surface area contributed by atoms with Gasteiger partial charge in [0.05, 0.1) is 0 Å². The highest BCUT2D eigenvalue weighted by Gasteiger charge is 2.05. The van der Waals surface area contributed by atoms with E-state index in [1.54, 1.807) is 25.1 Å². The van der Waals surface area contributed by atoms with Gasteiger partial charge in [0, 0.05) is 23.1 Å². The molecule has 1 heterocycles. The Morgan fingerprint density at radius 2 is 2.25 bits per heavy atom. The second kappa shape index (κ2) is 6.36. The van der Waals surface area contributed by atoms with Crippen LogP contribution in [0.2, 0.25) is 0 Å². The topological polar surface area (TPSA) is 101 Å². The number of aryl methyl sites for hydroxylation is 1. The highest BCUT2D eigenvalue weighted by atomic mass is 32.2. The molecule has 1 aromatic heterocycles. The minimum Gasteiger partial charge on any atom is -0.301 e. The molecule has 0 bridgehead atoms. The van der Waals surface area contributed by atoms with E-state index in [4.69, 9.17) is 5.84 Å². The molecule has 2 rings (SSSR count). The summed E-state index contributed by atoms with van der Waals surface area (Å²) in [6, 6.07) is 8.56. The highest BCUT2D eigenvalue weighted by Crippen LogP contribution is 2.19. The number of thioether (sulfide) groups is 1. The van der Waals surface area contributed by atoms with Crippen molar-refractivity contribution in [1.29, 1.82) is 0 Å². The van der Waals surface area contributed by atoms with Gasteiger partial charge >= 0.3 is 0 Å². The molecule has 1 aromatic carbocycles. The number of nitrogens with two attached hydrogens (primary N) is 1. The molecule has 0 saturated carbocycles. The van der Waals surface area contributed by atoms with E-state index in [0.717, 1.165) is 5.56 Å². The van der Waals surface area contributed by atoms with Crippen LogP contribution in [-0.2, 0) is 5.75 Å². The van der Waals surface area contributed by atoms with E-state index in [-0.39, 0.29) is 11.5 Å². The number of hydrazine groups is 1. The van der Waals surface area contributed by atoms with Crippen molar-refractivity contribution < 1.29 is 4.79 Å². The molecule has 0 radical (unpaired) electrons. The zero-order chi connectivity index (χ0) is 14.5. The molecule has 0 unspecified atom stereocenters. The fourth-order valence-electron chi connectivity index (χ4n) is 1.66. The molecule has 0 aliphatic heterocycles. The molecule has 20 heavy (non-hydrogen) atoms. The number of aromatic nitrogens is 2. The highest BCUT2D eigenvalue weighted by molar-refractivity contribution is 7.98. The van der Waals surface area contributed by atoms with Crippen LogP contribution in [0.5, 0.6) is 0 Å². The Bertz CT molecular complexity index is 684. The molecule has 2 aromatic rings. The van der Waals surface area contributed by atoms with Crippen LogP contribution < -0.4 is 16.8 Å². The molecule has 0 spiro atoms. The predicted molar refractivity (Wildman–Crippen MR) is 77.3 cm³/mol. The van der Waals surface area contributed by atoms with Crippen molar-refractivity contribution in [2.45, 2.75) is 17.8 Å². The summed E-state index contributed by atoms with van der Waals surface area (Å²) >= 11 is 1.40.